The maximum Gasteiger partial charge on any atom is 0.416 e. The fourth-order valence-corrected chi connectivity index (χ4v) is 5.24. The first-order valence-electron chi connectivity index (χ1n) is 13.6. The van der Waals surface area contributed by atoms with Gasteiger partial charge in [0.25, 0.3) is 11.8 Å². The lowest BCUT2D eigenvalue weighted by molar-refractivity contribution is -0.232. The SMILES string of the molecule is CC(=O)N(C(Cc1ccccc1)C(O)C(F)(F)F)N1C(=O)C(C(C)C)N(C(=O)c2ccc(Cl)cc2)C=C1c1ccccc1. The number of hydrogen-bond donors (Lipinski definition) is 1. The molecular weight excluding hydrogens is 583 g/mol. The average molecular weight is 614 g/mol. The molecule has 0 spiro atoms. The number of carbonyl (C=O) groups excluding carboxylic acids is 3. The molecule has 3 unspecified atom stereocenters. The number of benzene rings is 3. The monoisotopic (exact) mass is 613 g/mol. The molecule has 1 aliphatic heterocycles. The minimum Gasteiger partial charge on any atom is -0.382 e. The van der Waals surface area contributed by atoms with Crippen molar-refractivity contribution in [3.8, 4) is 0 Å². The Hall–Kier alpha value is -4.15. The molecule has 11 heteroatoms. The molecule has 0 aliphatic carbocycles. The van der Waals surface area contributed by atoms with Crippen LogP contribution in [0.3, 0.4) is 0 Å². The first-order valence-corrected chi connectivity index (χ1v) is 14.0. The van der Waals surface area contributed by atoms with Crippen LogP contribution in [0.25, 0.3) is 5.70 Å². The number of nitrogens with zero attached hydrogens (tertiary/aromatic N) is 3. The third-order valence-electron chi connectivity index (χ3n) is 7.12. The molecule has 1 heterocycles. The fraction of sp³-hybridized carbons (Fsp3) is 0.281. The Morgan fingerprint density at radius 1 is 0.953 bits per heavy atom. The minimum atomic E-state index is -5.11. The molecule has 0 saturated carbocycles. The van der Waals surface area contributed by atoms with Gasteiger partial charge in [0.1, 0.15) is 6.04 Å². The summed E-state index contributed by atoms with van der Waals surface area (Å²) in [4.78, 5) is 42.8. The highest BCUT2D eigenvalue weighted by atomic mass is 35.5. The van der Waals surface area contributed by atoms with Gasteiger partial charge >= 0.3 is 6.18 Å². The van der Waals surface area contributed by atoms with Gasteiger partial charge in [-0.05, 0) is 42.2 Å². The van der Waals surface area contributed by atoms with Crippen LogP contribution >= 0.6 is 11.6 Å². The van der Waals surface area contributed by atoms with Crippen molar-refractivity contribution < 1.29 is 32.7 Å². The molecular formula is C32H31ClF3N3O4. The van der Waals surface area contributed by atoms with Crippen LogP contribution in [-0.4, -0.2) is 62.1 Å². The number of aliphatic hydroxyl groups is 1. The van der Waals surface area contributed by atoms with E-state index in [1.54, 1.807) is 74.5 Å². The second kappa shape index (κ2) is 13.0. The van der Waals surface area contributed by atoms with Crippen molar-refractivity contribution in [3.05, 3.63) is 113 Å². The first-order chi connectivity index (χ1) is 20.3. The highest BCUT2D eigenvalue weighted by Crippen LogP contribution is 2.36. The van der Waals surface area contributed by atoms with Crippen LogP contribution in [0.1, 0.15) is 42.3 Å². The Balaban J connectivity index is 1.94. The summed E-state index contributed by atoms with van der Waals surface area (Å²) in [6.07, 6.45) is -7.15. The lowest BCUT2D eigenvalue weighted by Crippen LogP contribution is -2.65. The largest absolute Gasteiger partial charge is 0.416 e. The van der Waals surface area contributed by atoms with E-state index in [9.17, 15) is 32.7 Å². The van der Waals surface area contributed by atoms with E-state index in [0.29, 0.717) is 21.2 Å². The van der Waals surface area contributed by atoms with Crippen LogP contribution in [0.2, 0.25) is 5.02 Å². The second-order valence-electron chi connectivity index (χ2n) is 10.5. The van der Waals surface area contributed by atoms with Crippen LogP contribution in [0, 0.1) is 5.92 Å². The summed E-state index contributed by atoms with van der Waals surface area (Å²) in [7, 11) is 0. The van der Waals surface area contributed by atoms with E-state index in [1.165, 1.54) is 35.4 Å². The molecule has 0 aromatic heterocycles. The molecule has 226 valence electrons. The number of aliphatic hydroxyl groups excluding tert-OH is 1. The number of hydrazine groups is 1. The predicted molar refractivity (Wildman–Crippen MR) is 156 cm³/mol. The van der Waals surface area contributed by atoms with Gasteiger partial charge in [0, 0.05) is 29.3 Å². The fourth-order valence-electron chi connectivity index (χ4n) is 5.12. The lowest BCUT2D eigenvalue weighted by Gasteiger charge is -2.48. The molecule has 1 aliphatic rings. The number of hydrogen-bond acceptors (Lipinski definition) is 4. The molecule has 3 aromatic carbocycles. The summed E-state index contributed by atoms with van der Waals surface area (Å²) < 4.78 is 42.4. The highest BCUT2D eigenvalue weighted by Gasteiger charge is 2.51. The van der Waals surface area contributed by atoms with E-state index in [-0.39, 0.29) is 11.3 Å². The zero-order chi connectivity index (χ0) is 31.5. The standard InChI is InChI=1S/C32H31ClF3N3O4/c1-20(2)28-31(43)39(38(21(3)40)26(29(41)32(34,35)36)18-22-10-6-4-7-11-22)27(23-12-8-5-9-13-23)19-37(28)30(42)24-14-16-25(33)17-15-24/h4-17,19-20,26,28-29,41H,18H2,1-3H3. The molecule has 3 atom stereocenters. The van der Waals surface area contributed by atoms with Gasteiger partial charge in [-0.2, -0.15) is 13.2 Å². The van der Waals surface area contributed by atoms with E-state index < -0.39 is 54.4 Å². The molecule has 7 nitrogen and oxygen atoms in total. The first kappa shape index (κ1) is 31.8. The average Bonchev–Trinajstić information content (AvgIpc) is 2.97. The molecule has 4 rings (SSSR count). The highest BCUT2D eigenvalue weighted by molar-refractivity contribution is 6.30. The van der Waals surface area contributed by atoms with E-state index in [0.717, 1.165) is 11.9 Å². The van der Waals surface area contributed by atoms with Gasteiger partial charge in [-0.3, -0.25) is 19.3 Å². The third-order valence-corrected chi connectivity index (χ3v) is 7.37. The van der Waals surface area contributed by atoms with Crippen molar-refractivity contribution in [1.82, 2.24) is 14.9 Å². The number of halogens is 4. The van der Waals surface area contributed by atoms with Gasteiger partial charge in [0.05, 0.1) is 11.7 Å². The Bertz CT molecular complexity index is 1480. The number of rotatable bonds is 8. The molecule has 0 fully saturated rings. The zero-order valence-corrected chi connectivity index (χ0v) is 24.5. The molecule has 1 N–H and O–H groups in total. The van der Waals surface area contributed by atoms with Crippen molar-refractivity contribution in [3.63, 3.8) is 0 Å². The van der Waals surface area contributed by atoms with Crippen molar-refractivity contribution in [2.24, 2.45) is 5.92 Å². The topological polar surface area (TPSA) is 81.2 Å². The summed E-state index contributed by atoms with van der Waals surface area (Å²) >= 11 is 6.00. The van der Waals surface area contributed by atoms with Crippen molar-refractivity contribution in [2.45, 2.75) is 51.6 Å². The van der Waals surface area contributed by atoms with Crippen LogP contribution < -0.4 is 0 Å². The molecule has 3 amide bonds. The summed E-state index contributed by atoms with van der Waals surface area (Å²) in [5.41, 5.74) is 1.00. The van der Waals surface area contributed by atoms with Crippen molar-refractivity contribution in [1.29, 1.82) is 0 Å². The molecule has 0 bridgehead atoms. The predicted octanol–water partition coefficient (Wildman–Crippen LogP) is 5.95. The molecule has 0 radical (unpaired) electrons. The summed E-state index contributed by atoms with van der Waals surface area (Å²) in [6, 6.07) is 19.3. The lowest BCUT2D eigenvalue weighted by atomic mass is 9.96. The maximum atomic E-state index is 14.4. The van der Waals surface area contributed by atoms with Crippen molar-refractivity contribution in [2.75, 3.05) is 0 Å². The zero-order valence-electron chi connectivity index (χ0n) is 23.7. The van der Waals surface area contributed by atoms with Gasteiger partial charge < -0.3 is 5.11 Å². The van der Waals surface area contributed by atoms with Gasteiger partial charge in [0.2, 0.25) is 5.91 Å². The number of carbonyl (C=O) groups is 3. The molecule has 3 aromatic rings. The van der Waals surface area contributed by atoms with E-state index in [4.69, 9.17) is 11.6 Å². The van der Waals surface area contributed by atoms with Crippen LogP contribution in [-0.2, 0) is 16.0 Å². The maximum absolute atomic E-state index is 14.4. The smallest absolute Gasteiger partial charge is 0.382 e. The van der Waals surface area contributed by atoms with Crippen molar-refractivity contribution >= 4 is 35.0 Å². The van der Waals surface area contributed by atoms with Gasteiger partial charge in [-0.1, -0.05) is 86.1 Å². The quantitative estimate of drug-likeness (QED) is 0.341. The summed E-state index contributed by atoms with van der Waals surface area (Å²) in [6.45, 7) is 4.41. The minimum absolute atomic E-state index is 0.00699. The Morgan fingerprint density at radius 3 is 2.02 bits per heavy atom. The van der Waals surface area contributed by atoms with Gasteiger partial charge in [0.15, 0.2) is 6.10 Å². The number of alkyl halides is 3. The Morgan fingerprint density at radius 2 is 1.51 bits per heavy atom. The van der Waals surface area contributed by atoms with Gasteiger partial charge in [-0.25, -0.2) is 10.0 Å². The van der Waals surface area contributed by atoms with Crippen LogP contribution in [0.5, 0.6) is 0 Å². The van der Waals surface area contributed by atoms with E-state index in [2.05, 4.69) is 0 Å². The summed E-state index contributed by atoms with van der Waals surface area (Å²) in [5, 5.41) is 12.6. The Labute approximate surface area is 252 Å². The third kappa shape index (κ3) is 6.92. The normalized spacial score (nSPS) is 17.0. The van der Waals surface area contributed by atoms with Crippen LogP contribution in [0.15, 0.2) is 91.1 Å². The Kier molecular flexibility index (Phi) is 9.62. The second-order valence-corrected chi connectivity index (χ2v) is 11.0. The van der Waals surface area contributed by atoms with E-state index in [1.807, 2.05) is 0 Å². The van der Waals surface area contributed by atoms with Crippen LogP contribution in [0.4, 0.5) is 13.2 Å². The molecule has 43 heavy (non-hydrogen) atoms. The summed E-state index contributed by atoms with van der Waals surface area (Å²) in [5.74, 6) is -2.77. The number of amides is 3. The van der Waals surface area contributed by atoms with Gasteiger partial charge in [-0.15, -0.1) is 0 Å². The molecule has 0 saturated heterocycles. The van der Waals surface area contributed by atoms with E-state index >= 15 is 0 Å².